The SMILES string of the molecule is Cc1nc(C(=O)Nc2ccc(F)c(C3(C(F)F)N=C(N)CCC3(F)F)c2)co1. The van der Waals surface area contributed by atoms with Crippen LogP contribution in [-0.2, 0) is 5.54 Å². The molecular weight excluding hydrogens is 387 g/mol. The van der Waals surface area contributed by atoms with Crippen LogP contribution in [0.15, 0.2) is 33.9 Å². The molecule has 2 aromatic rings. The van der Waals surface area contributed by atoms with Gasteiger partial charge in [0.1, 0.15) is 12.1 Å². The van der Waals surface area contributed by atoms with Crippen LogP contribution < -0.4 is 11.1 Å². The molecule has 2 heterocycles. The third-order valence-corrected chi connectivity index (χ3v) is 4.38. The molecule has 0 saturated carbocycles. The Labute approximate surface area is 155 Å². The normalized spacial score (nSPS) is 21.5. The van der Waals surface area contributed by atoms with Gasteiger partial charge in [-0.15, -0.1) is 0 Å². The minimum absolute atomic E-state index is 0.128. The zero-order valence-corrected chi connectivity index (χ0v) is 14.5. The van der Waals surface area contributed by atoms with Crippen LogP contribution in [0.1, 0.15) is 34.8 Å². The summed E-state index contributed by atoms with van der Waals surface area (Å²) in [5.41, 5.74) is 0.541. The summed E-state index contributed by atoms with van der Waals surface area (Å²) in [7, 11) is 0. The van der Waals surface area contributed by atoms with Crippen LogP contribution in [0.5, 0.6) is 0 Å². The molecule has 1 aliphatic heterocycles. The number of nitrogens with zero attached hydrogens (tertiary/aromatic N) is 2. The number of carbonyl (C=O) groups is 1. The van der Waals surface area contributed by atoms with E-state index < -0.39 is 53.9 Å². The molecule has 1 atom stereocenters. The molecule has 28 heavy (non-hydrogen) atoms. The molecule has 1 unspecified atom stereocenters. The molecule has 0 aliphatic carbocycles. The number of nitrogens with one attached hydrogen (secondary N) is 1. The quantitative estimate of drug-likeness (QED) is 0.764. The lowest BCUT2D eigenvalue weighted by molar-refractivity contribution is -0.145. The maximum absolute atomic E-state index is 14.6. The van der Waals surface area contributed by atoms with Gasteiger partial charge < -0.3 is 15.5 Å². The summed E-state index contributed by atoms with van der Waals surface area (Å²) in [6.45, 7) is 1.49. The highest BCUT2D eigenvalue weighted by atomic mass is 19.3. The van der Waals surface area contributed by atoms with Gasteiger partial charge >= 0.3 is 0 Å². The van der Waals surface area contributed by atoms with E-state index in [1.54, 1.807) is 0 Å². The lowest BCUT2D eigenvalue weighted by atomic mass is 9.79. The Morgan fingerprint density at radius 2 is 2.07 bits per heavy atom. The lowest BCUT2D eigenvalue weighted by Gasteiger charge is -2.40. The average molecular weight is 402 g/mol. The van der Waals surface area contributed by atoms with E-state index in [0.717, 1.165) is 12.3 Å². The van der Waals surface area contributed by atoms with Crippen LogP contribution in [0.4, 0.5) is 27.6 Å². The maximum atomic E-state index is 14.6. The molecule has 0 saturated heterocycles. The molecule has 1 amide bonds. The number of anilines is 1. The first-order valence-corrected chi connectivity index (χ1v) is 8.10. The van der Waals surface area contributed by atoms with Crippen molar-refractivity contribution in [1.82, 2.24) is 4.98 Å². The van der Waals surface area contributed by atoms with Gasteiger partial charge in [-0.25, -0.2) is 31.9 Å². The first-order chi connectivity index (χ1) is 13.1. The highest BCUT2D eigenvalue weighted by molar-refractivity contribution is 6.02. The number of aliphatic imine (C=N–C) groups is 1. The van der Waals surface area contributed by atoms with Crippen LogP contribution in [0.25, 0.3) is 0 Å². The van der Waals surface area contributed by atoms with E-state index in [2.05, 4.69) is 15.3 Å². The molecule has 3 rings (SSSR count). The second-order valence-corrected chi connectivity index (χ2v) is 6.28. The Hall–Kier alpha value is -2.98. The molecule has 0 radical (unpaired) electrons. The minimum Gasteiger partial charge on any atom is -0.448 e. The zero-order chi connectivity index (χ0) is 20.7. The third kappa shape index (κ3) is 3.20. The Kier molecular flexibility index (Phi) is 4.86. The predicted molar refractivity (Wildman–Crippen MR) is 89.1 cm³/mol. The number of benzene rings is 1. The number of amidine groups is 1. The van der Waals surface area contributed by atoms with Crippen LogP contribution in [0.2, 0.25) is 0 Å². The number of aromatic nitrogens is 1. The first-order valence-electron chi connectivity index (χ1n) is 8.10. The summed E-state index contributed by atoms with van der Waals surface area (Å²) >= 11 is 0. The highest BCUT2D eigenvalue weighted by Gasteiger charge is 2.63. The topological polar surface area (TPSA) is 93.5 Å². The number of oxazole rings is 1. The van der Waals surface area contributed by atoms with Crippen molar-refractivity contribution in [2.24, 2.45) is 10.7 Å². The number of amides is 1. The molecule has 1 aromatic heterocycles. The van der Waals surface area contributed by atoms with Crippen molar-refractivity contribution >= 4 is 17.4 Å². The number of alkyl halides is 4. The lowest BCUT2D eigenvalue weighted by Crippen LogP contribution is -2.54. The van der Waals surface area contributed by atoms with Crippen molar-refractivity contribution < 1.29 is 31.2 Å². The summed E-state index contributed by atoms with van der Waals surface area (Å²) in [5.74, 6) is -6.41. The summed E-state index contributed by atoms with van der Waals surface area (Å²) < 4.78 is 76.1. The number of hydrogen-bond donors (Lipinski definition) is 2. The predicted octanol–water partition coefficient (Wildman–Crippen LogP) is 3.62. The molecule has 150 valence electrons. The van der Waals surface area contributed by atoms with E-state index in [0.29, 0.717) is 12.1 Å². The standard InChI is InChI=1S/C17H15F5N4O2/c1-8-24-12(7-28-8)14(27)25-9-2-3-11(18)10(6-9)17(15(19)20)16(21,22)5-4-13(23)26-17/h2-3,6-7,15H,4-5H2,1H3,(H2,23,26)(H,25,27). The number of aryl methyl sites for hydroxylation is 1. The molecule has 0 fully saturated rings. The van der Waals surface area contributed by atoms with Crippen molar-refractivity contribution in [3.63, 3.8) is 0 Å². The molecule has 1 aromatic carbocycles. The second-order valence-electron chi connectivity index (χ2n) is 6.28. The van der Waals surface area contributed by atoms with Crippen LogP contribution in [0, 0.1) is 12.7 Å². The van der Waals surface area contributed by atoms with Crippen molar-refractivity contribution in [3.05, 3.63) is 47.4 Å². The van der Waals surface area contributed by atoms with Crippen molar-refractivity contribution in [2.45, 2.75) is 37.7 Å². The number of carbonyl (C=O) groups excluding carboxylic acids is 1. The van der Waals surface area contributed by atoms with Crippen LogP contribution in [-0.4, -0.2) is 29.1 Å². The molecule has 0 bridgehead atoms. The summed E-state index contributed by atoms with van der Waals surface area (Å²) in [4.78, 5) is 19.2. The van der Waals surface area contributed by atoms with Crippen molar-refractivity contribution in [3.8, 4) is 0 Å². The maximum Gasteiger partial charge on any atom is 0.283 e. The molecule has 0 spiro atoms. The molecule has 3 N–H and O–H groups in total. The summed E-state index contributed by atoms with van der Waals surface area (Å²) in [5, 5.41) is 2.28. The largest absolute Gasteiger partial charge is 0.448 e. The fraction of sp³-hybridized carbons (Fsp3) is 0.353. The summed E-state index contributed by atoms with van der Waals surface area (Å²) in [6.07, 6.45) is -4.11. The van der Waals surface area contributed by atoms with Gasteiger partial charge in [0.25, 0.3) is 18.3 Å². The minimum atomic E-state index is -4.06. The van der Waals surface area contributed by atoms with Gasteiger partial charge in [-0.1, -0.05) is 0 Å². The van der Waals surface area contributed by atoms with Gasteiger partial charge in [-0.2, -0.15) is 0 Å². The second kappa shape index (κ2) is 6.88. The van der Waals surface area contributed by atoms with E-state index in [-0.39, 0.29) is 17.3 Å². The van der Waals surface area contributed by atoms with E-state index >= 15 is 0 Å². The average Bonchev–Trinajstić information content (AvgIpc) is 3.05. The van der Waals surface area contributed by atoms with Crippen molar-refractivity contribution in [2.75, 3.05) is 5.32 Å². The Morgan fingerprint density at radius 3 is 2.68 bits per heavy atom. The van der Waals surface area contributed by atoms with E-state index in [1.807, 2.05) is 0 Å². The third-order valence-electron chi connectivity index (χ3n) is 4.38. The van der Waals surface area contributed by atoms with E-state index in [1.165, 1.54) is 6.92 Å². The smallest absolute Gasteiger partial charge is 0.283 e. The number of halogens is 5. The first kappa shape index (κ1) is 19.8. The highest BCUT2D eigenvalue weighted by Crippen LogP contribution is 2.51. The summed E-state index contributed by atoms with van der Waals surface area (Å²) in [6, 6.07) is 2.43. The fourth-order valence-electron chi connectivity index (χ4n) is 2.98. The molecule has 11 heteroatoms. The molecule has 1 aliphatic rings. The van der Waals surface area contributed by atoms with E-state index in [9.17, 15) is 26.7 Å². The van der Waals surface area contributed by atoms with Gasteiger partial charge in [-0.05, 0) is 18.2 Å². The monoisotopic (exact) mass is 402 g/mol. The van der Waals surface area contributed by atoms with Gasteiger partial charge in [-0.3, -0.25) is 4.79 Å². The number of nitrogens with two attached hydrogens (primary N) is 1. The molecule has 6 nitrogen and oxygen atoms in total. The Morgan fingerprint density at radius 1 is 1.36 bits per heavy atom. The number of hydrogen-bond acceptors (Lipinski definition) is 5. The number of rotatable bonds is 4. The van der Waals surface area contributed by atoms with Gasteiger partial charge in [0.15, 0.2) is 11.6 Å². The van der Waals surface area contributed by atoms with Crippen molar-refractivity contribution in [1.29, 1.82) is 0 Å². The van der Waals surface area contributed by atoms with Gasteiger partial charge in [0, 0.05) is 31.0 Å². The Bertz CT molecular complexity index is 943. The van der Waals surface area contributed by atoms with Gasteiger partial charge in [0.05, 0.1) is 5.84 Å². The fourth-order valence-corrected chi connectivity index (χ4v) is 2.98. The van der Waals surface area contributed by atoms with E-state index in [4.69, 9.17) is 10.2 Å². The zero-order valence-electron chi connectivity index (χ0n) is 14.5. The van der Waals surface area contributed by atoms with Crippen LogP contribution >= 0.6 is 0 Å². The molecular formula is C17H15F5N4O2. The van der Waals surface area contributed by atoms with Gasteiger partial charge in [0.2, 0.25) is 5.54 Å². The van der Waals surface area contributed by atoms with Crippen LogP contribution in [0.3, 0.4) is 0 Å². The Balaban J connectivity index is 2.07.